The van der Waals surface area contributed by atoms with E-state index in [0.717, 1.165) is 12.1 Å². The van der Waals surface area contributed by atoms with E-state index in [1.165, 1.54) is 0 Å². The first-order valence-electron chi connectivity index (χ1n) is 6.16. The van der Waals surface area contributed by atoms with Crippen LogP contribution in [0.2, 0.25) is 0 Å². The Morgan fingerprint density at radius 2 is 2.11 bits per heavy atom. The molecule has 0 fully saturated rings. The van der Waals surface area contributed by atoms with Crippen LogP contribution in [-0.4, -0.2) is 30.4 Å². The molecule has 1 aromatic rings. The molecule has 0 bridgehead atoms. The van der Waals surface area contributed by atoms with Gasteiger partial charge in [-0.15, -0.1) is 0 Å². The summed E-state index contributed by atoms with van der Waals surface area (Å²) in [4.78, 5) is 13.7. The summed E-state index contributed by atoms with van der Waals surface area (Å²) in [6.07, 6.45) is 0.458. The summed E-state index contributed by atoms with van der Waals surface area (Å²) >= 11 is 0. The fourth-order valence-corrected chi connectivity index (χ4v) is 1.61. The number of nitrogens with zero attached hydrogens (tertiary/aromatic N) is 2. The highest BCUT2D eigenvalue weighted by Crippen LogP contribution is 1.97. The lowest BCUT2D eigenvalue weighted by atomic mass is 10.2. The zero-order valence-corrected chi connectivity index (χ0v) is 10.7. The topological polar surface area (TPSA) is 56.1 Å². The van der Waals surface area contributed by atoms with Crippen LogP contribution in [0.3, 0.4) is 0 Å². The van der Waals surface area contributed by atoms with Crippen LogP contribution < -0.4 is 5.32 Å². The monoisotopic (exact) mass is 245 g/mol. The Morgan fingerprint density at radius 3 is 2.72 bits per heavy atom. The van der Waals surface area contributed by atoms with Gasteiger partial charge < -0.3 is 5.32 Å². The Hall–Kier alpha value is -1.86. The van der Waals surface area contributed by atoms with E-state index in [-0.39, 0.29) is 5.91 Å². The number of amides is 1. The lowest BCUT2D eigenvalue weighted by Crippen LogP contribution is -2.37. The highest BCUT2D eigenvalue weighted by Gasteiger charge is 2.08. The Labute approximate surface area is 108 Å². The van der Waals surface area contributed by atoms with Crippen LogP contribution in [0.25, 0.3) is 0 Å². The number of nitriles is 1. The summed E-state index contributed by atoms with van der Waals surface area (Å²) < 4.78 is 0. The second-order valence-corrected chi connectivity index (χ2v) is 4.04. The van der Waals surface area contributed by atoms with Crippen molar-refractivity contribution in [3.05, 3.63) is 35.9 Å². The van der Waals surface area contributed by atoms with Gasteiger partial charge in [0.25, 0.3) is 0 Å². The van der Waals surface area contributed by atoms with Gasteiger partial charge in [-0.3, -0.25) is 9.69 Å². The third kappa shape index (κ3) is 5.46. The van der Waals surface area contributed by atoms with Crippen LogP contribution in [0.4, 0.5) is 0 Å². The Morgan fingerprint density at radius 1 is 1.39 bits per heavy atom. The van der Waals surface area contributed by atoms with Gasteiger partial charge in [-0.2, -0.15) is 5.26 Å². The third-order valence-electron chi connectivity index (χ3n) is 2.69. The maximum absolute atomic E-state index is 11.7. The molecule has 18 heavy (non-hydrogen) atoms. The van der Waals surface area contributed by atoms with Crippen molar-refractivity contribution >= 4 is 5.91 Å². The van der Waals surface area contributed by atoms with Crippen molar-refractivity contribution in [3.8, 4) is 6.07 Å². The SMILES string of the molecule is CCN(CCC#N)CC(=O)NCc1ccccc1. The normalized spacial score (nSPS) is 10.1. The average molecular weight is 245 g/mol. The van der Waals surface area contributed by atoms with Gasteiger partial charge in [0.05, 0.1) is 12.6 Å². The molecule has 0 atom stereocenters. The van der Waals surface area contributed by atoms with Crippen molar-refractivity contribution in [2.24, 2.45) is 0 Å². The van der Waals surface area contributed by atoms with E-state index in [1.807, 2.05) is 42.2 Å². The predicted molar refractivity (Wildman–Crippen MR) is 70.6 cm³/mol. The molecule has 96 valence electrons. The number of nitrogens with one attached hydrogen (secondary N) is 1. The van der Waals surface area contributed by atoms with Gasteiger partial charge in [0.1, 0.15) is 0 Å². The molecule has 0 saturated carbocycles. The summed E-state index contributed by atoms with van der Waals surface area (Å²) in [5.74, 6) is -0.00126. The van der Waals surface area contributed by atoms with E-state index >= 15 is 0 Å². The molecule has 0 aromatic heterocycles. The molecule has 1 N–H and O–H groups in total. The summed E-state index contributed by atoms with van der Waals surface area (Å²) in [6.45, 7) is 4.31. The number of likely N-dealkylation sites (N-methyl/N-ethyl adjacent to an activating group) is 1. The highest BCUT2D eigenvalue weighted by molar-refractivity contribution is 5.77. The van der Waals surface area contributed by atoms with Gasteiger partial charge >= 0.3 is 0 Å². The van der Waals surface area contributed by atoms with Crippen LogP contribution >= 0.6 is 0 Å². The van der Waals surface area contributed by atoms with E-state index in [4.69, 9.17) is 5.26 Å². The van der Waals surface area contributed by atoms with E-state index in [2.05, 4.69) is 11.4 Å². The quantitative estimate of drug-likeness (QED) is 0.792. The van der Waals surface area contributed by atoms with E-state index < -0.39 is 0 Å². The lowest BCUT2D eigenvalue weighted by Gasteiger charge is -2.18. The van der Waals surface area contributed by atoms with E-state index in [9.17, 15) is 4.79 Å². The lowest BCUT2D eigenvalue weighted by molar-refractivity contribution is -0.122. The third-order valence-corrected chi connectivity index (χ3v) is 2.69. The van der Waals surface area contributed by atoms with Gasteiger partial charge in [0.15, 0.2) is 0 Å². The summed E-state index contributed by atoms with van der Waals surface area (Å²) in [6, 6.07) is 11.9. The van der Waals surface area contributed by atoms with Crippen LogP contribution in [0.5, 0.6) is 0 Å². The van der Waals surface area contributed by atoms with Crippen LogP contribution in [0.15, 0.2) is 30.3 Å². The number of rotatable bonds is 7. The van der Waals surface area contributed by atoms with Gasteiger partial charge in [0.2, 0.25) is 5.91 Å². The minimum absolute atomic E-state index is 0.00126. The zero-order valence-electron chi connectivity index (χ0n) is 10.7. The minimum Gasteiger partial charge on any atom is -0.351 e. The number of hydrogen-bond acceptors (Lipinski definition) is 3. The molecule has 0 spiro atoms. The van der Waals surface area contributed by atoms with Gasteiger partial charge in [0, 0.05) is 19.5 Å². The van der Waals surface area contributed by atoms with Crippen molar-refractivity contribution in [2.45, 2.75) is 19.9 Å². The average Bonchev–Trinajstić information content (AvgIpc) is 2.42. The molecule has 0 aliphatic rings. The molecule has 4 nitrogen and oxygen atoms in total. The van der Waals surface area contributed by atoms with Crippen molar-refractivity contribution in [3.63, 3.8) is 0 Å². The summed E-state index contributed by atoms with van der Waals surface area (Å²) in [7, 11) is 0. The van der Waals surface area contributed by atoms with Crippen LogP contribution in [-0.2, 0) is 11.3 Å². The second kappa shape index (κ2) is 8.26. The number of carbonyl (C=O) groups excluding carboxylic acids is 1. The first kappa shape index (κ1) is 14.2. The van der Waals surface area contributed by atoms with Crippen LogP contribution in [0, 0.1) is 11.3 Å². The molecule has 0 unspecified atom stereocenters. The molecule has 4 heteroatoms. The Kier molecular flexibility index (Phi) is 6.52. The first-order valence-corrected chi connectivity index (χ1v) is 6.16. The number of carbonyl (C=O) groups is 1. The van der Waals surface area contributed by atoms with Gasteiger partial charge in [-0.1, -0.05) is 37.3 Å². The zero-order chi connectivity index (χ0) is 13.2. The highest BCUT2D eigenvalue weighted by atomic mass is 16.2. The largest absolute Gasteiger partial charge is 0.351 e. The van der Waals surface area contributed by atoms with Gasteiger partial charge in [-0.25, -0.2) is 0 Å². The van der Waals surface area contributed by atoms with Crippen LogP contribution in [0.1, 0.15) is 18.9 Å². The van der Waals surface area contributed by atoms with Crippen molar-refractivity contribution < 1.29 is 4.79 Å². The first-order chi connectivity index (χ1) is 8.76. The second-order valence-electron chi connectivity index (χ2n) is 4.04. The summed E-state index contributed by atoms with van der Waals surface area (Å²) in [5, 5.41) is 11.4. The molecular weight excluding hydrogens is 226 g/mol. The Balaban J connectivity index is 2.30. The molecular formula is C14H19N3O. The van der Waals surface area contributed by atoms with Crippen molar-refractivity contribution in [2.75, 3.05) is 19.6 Å². The van der Waals surface area contributed by atoms with Gasteiger partial charge in [-0.05, 0) is 12.1 Å². The molecule has 0 saturated heterocycles. The molecule has 0 radical (unpaired) electrons. The minimum atomic E-state index is -0.00126. The van der Waals surface area contributed by atoms with E-state index in [1.54, 1.807) is 0 Å². The number of hydrogen-bond donors (Lipinski definition) is 1. The maximum atomic E-state index is 11.7. The molecule has 1 rings (SSSR count). The molecule has 1 aromatic carbocycles. The molecule has 0 aliphatic heterocycles. The molecule has 0 aliphatic carbocycles. The molecule has 1 amide bonds. The fourth-order valence-electron chi connectivity index (χ4n) is 1.61. The summed E-state index contributed by atoms with van der Waals surface area (Å²) in [5.41, 5.74) is 1.09. The van der Waals surface area contributed by atoms with E-state index in [0.29, 0.717) is 26.1 Å². The van der Waals surface area contributed by atoms with Crippen molar-refractivity contribution in [1.82, 2.24) is 10.2 Å². The Bertz CT molecular complexity index is 397. The predicted octanol–water partition coefficient (Wildman–Crippen LogP) is 1.54. The standard InChI is InChI=1S/C14H19N3O/c1-2-17(10-6-9-15)12-14(18)16-11-13-7-4-3-5-8-13/h3-5,7-8H,2,6,10-12H2,1H3,(H,16,18). The molecule has 0 heterocycles. The smallest absolute Gasteiger partial charge is 0.234 e. The maximum Gasteiger partial charge on any atom is 0.234 e. The van der Waals surface area contributed by atoms with Crippen molar-refractivity contribution in [1.29, 1.82) is 5.26 Å². The number of benzene rings is 1. The fraction of sp³-hybridized carbons (Fsp3) is 0.429.